The van der Waals surface area contributed by atoms with Crippen LogP contribution in [0.1, 0.15) is 115 Å². The van der Waals surface area contributed by atoms with Gasteiger partial charge in [-0.15, -0.1) is 22.7 Å². The molecule has 0 aliphatic heterocycles. The van der Waals surface area contributed by atoms with Gasteiger partial charge in [0, 0.05) is 102 Å². The highest BCUT2D eigenvalue weighted by Crippen LogP contribution is 2.29. The van der Waals surface area contributed by atoms with Crippen LogP contribution in [0.15, 0.2) is 270 Å². The number of benzene rings is 1. The zero-order chi connectivity index (χ0) is 82.2. The average molecular weight is 1610 g/mol. The molecular formula is C85H67FN20O10S2. The zero-order valence-electron chi connectivity index (χ0n) is 63.2. The molecule has 30 nitrogen and oxygen atoms in total. The predicted molar refractivity (Wildman–Crippen MR) is 430 cm³/mol. The summed E-state index contributed by atoms with van der Waals surface area (Å²) in [5.74, 6) is 4.30. The molecule has 0 aliphatic carbocycles. The third-order valence-electron chi connectivity index (χ3n) is 16.0. The first-order valence-corrected chi connectivity index (χ1v) is 37.5. The largest absolute Gasteiger partial charge is 0.454 e. The van der Waals surface area contributed by atoms with E-state index in [2.05, 4.69) is 99.7 Å². The van der Waals surface area contributed by atoms with Crippen molar-refractivity contribution in [3.8, 4) is 57.5 Å². The van der Waals surface area contributed by atoms with Gasteiger partial charge in [-0.3, -0.25) is 63.8 Å². The molecule has 1 unspecified atom stereocenters. The lowest BCUT2D eigenvalue weighted by Gasteiger charge is -2.07. The van der Waals surface area contributed by atoms with Gasteiger partial charge in [-0.1, -0.05) is 24.3 Å². The molecule has 0 amide bonds. The summed E-state index contributed by atoms with van der Waals surface area (Å²) in [7, 11) is 0. The van der Waals surface area contributed by atoms with E-state index in [4.69, 9.17) is 23.7 Å². The van der Waals surface area contributed by atoms with Crippen LogP contribution in [0.4, 0.5) is 4.39 Å². The van der Waals surface area contributed by atoms with Crippen LogP contribution in [-0.4, -0.2) is 129 Å². The molecule has 33 heteroatoms. The van der Waals surface area contributed by atoms with Gasteiger partial charge in [0.1, 0.15) is 105 Å². The number of pyridine rings is 8. The third-order valence-corrected chi connectivity index (χ3v) is 17.9. The highest BCUT2D eigenvalue weighted by atomic mass is 32.1. The number of halogens is 1. The van der Waals surface area contributed by atoms with Crippen molar-refractivity contribution in [1.29, 1.82) is 0 Å². The van der Waals surface area contributed by atoms with Gasteiger partial charge in [0.2, 0.25) is 0 Å². The van der Waals surface area contributed by atoms with Gasteiger partial charge in [0.15, 0.2) is 57.7 Å². The van der Waals surface area contributed by atoms with Crippen LogP contribution in [0.3, 0.4) is 0 Å². The van der Waals surface area contributed by atoms with Crippen LogP contribution in [0, 0.1) is 20.8 Å². The van der Waals surface area contributed by atoms with E-state index in [0.29, 0.717) is 96.7 Å². The number of hydrogen-bond acceptors (Lipinski definition) is 32. The number of carbonyl (C=O) groups is 5. The summed E-state index contributed by atoms with van der Waals surface area (Å²) in [5.41, 5.74) is 8.11. The number of ketones is 5. The fraction of sp³-hybridized carbons (Fsp3) is 0.118. The maximum atomic E-state index is 13.2. The minimum Gasteiger partial charge on any atom is -0.454 e. The Labute approximate surface area is 681 Å². The lowest BCUT2D eigenvalue weighted by Crippen LogP contribution is -2.08. The van der Waals surface area contributed by atoms with Gasteiger partial charge in [0.25, 0.3) is 0 Å². The van der Waals surface area contributed by atoms with Crippen molar-refractivity contribution in [2.45, 2.75) is 66.0 Å². The molecule has 0 saturated carbocycles. The highest BCUT2D eigenvalue weighted by Gasteiger charge is 2.19. The van der Waals surface area contributed by atoms with E-state index in [1.807, 2.05) is 81.4 Å². The Morgan fingerprint density at radius 1 is 0.339 bits per heavy atom. The Morgan fingerprint density at radius 2 is 0.712 bits per heavy atom. The van der Waals surface area contributed by atoms with Crippen molar-refractivity contribution in [3.63, 3.8) is 0 Å². The standard InChI is InChI=1S/C18H12N4O2S.C18H16N4O2.C17H14N4O2.C16H13FN4O2S.C16H12N4O2/c23-16(8-18-22-14-3-1-2-4-17(14)25-18)15-7-12(5-6-21-15)24-13-9-19-11-20-10-13;1-12-5-14(22-8-13(12)2)6-18(23)17-7-15(3-4-21-17)24-16-9-19-11-20-10-16;1-12-3-2-4-13(21-12)7-17(22)16-8-14(5-6-20-16)23-15-9-18-11-19-10-15;1-10(17)14-8-24-16(21-14)5-15(22)13-4-11(2-3-20-13)23-12-6-18-9-19-7-12;21-16(7-12-3-1-2-5-19-12)15-8-13(4-6-20-15)22-14-9-17-11-18-10-14/h1-7,9-11H,8H2;3-5,7-11H,6H2,1-2H3;2-6,8-11H,7H2,1H3;2-4,6-10H,5H2,1H3;1-6,8-11H,7H2. The number of hydrogen-bond donors (Lipinski definition) is 0. The van der Waals surface area contributed by atoms with E-state index >= 15 is 0 Å². The molecule has 118 heavy (non-hydrogen) atoms. The molecular weight excluding hydrogens is 1540 g/mol. The van der Waals surface area contributed by atoms with Crippen LogP contribution in [-0.2, 0) is 32.1 Å². The van der Waals surface area contributed by atoms with E-state index in [1.54, 1.807) is 146 Å². The minimum absolute atomic E-state index is 0.0717. The van der Waals surface area contributed by atoms with E-state index in [-0.39, 0.29) is 66.7 Å². The molecule has 586 valence electrons. The number of thiazole rings is 2. The predicted octanol–water partition coefficient (Wildman–Crippen LogP) is 15.7. The molecule has 0 aliphatic rings. The van der Waals surface area contributed by atoms with Crippen LogP contribution < -0.4 is 23.7 Å². The second-order valence-corrected chi connectivity index (χ2v) is 27.0. The number of carbonyl (C=O) groups excluding carboxylic acids is 5. The monoisotopic (exact) mass is 1610 g/mol. The summed E-state index contributed by atoms with van der Waals surface area (Å²) >= 11 is 2.78. The first-order valence-electron chi connectivity index (χ1n) is 35.8. The number of alkyl halides is 1. The van der Waals surface area contributed by atoms with Crippen LogP contribution in [0.5, 0.6) is 57.5 Å². The van der Waals surface area contributed by atoms with Crippen molar-refractivity contribution in [3.05, 3.63) is 348 Å². The Balaban J connectivity index is 0.000000136. The molecule has 0 saturated heterocycles. The fourth-order valence-electron chi connectivity index (χ4n) is 10.3. The SMILES string of the molecule is CC(F)c1csc(CC(=O)c2cc(Oc3cncnc3)ccn2)n1.Cc1cccc(CC(=O)c2cc(Oc3cncnc3)ccn2)n1.Cc1cnc(CC(=O)c2cc(Oc3cncnc3)ccn2)cc1C.O=C(Cc1ccccn1)c1cc(Oc2cncnc2)ccn1.O=C(Cc1nc2ccccc2s1)c1cc(Oc2cncnc2)ccn1. The number of nitrogens with zero attached hydrogens (tertiary/aromatic N) is 20. The summed E-state index contributed by atoms with van der Waals surface area (Å²) < 4.78 is 42.3. The number of ether oxygens (including phenoxy) is 5. The Kier molecular flexibility index (Phi) is 29.2. The lowest BCUT2D eigenvalue weighted by molar-refractivity contribution is 0.0979. The zero-order valence-corrected chi connectivity index (χ0v) is 64.9. The second-order valence-electron chi connectivity index (χ2n) is 25.0. The molecule has 16 aromatic rings. The summed E-state index contributed by atoms with van der Waals surface area (Å²) in [5, 5.41) is 2.95. The number of fused-ring (bicyclic) bond motifs is 1. The van der Waals surface area contributed by atoms with Gasteiger partial charge in [-0.2, -0.15) is 0 Å². The van der Waals surface area contributed by atoms with Crippen molar-refractivity contribution in [1.82, 2.24) is 99.7 Å². The van der Waals surface area contributed by atoms with E-state index in [1.165, 1.54) is 92.2 Å². The van der Waals surface area contributed by atoms with Crippen molar-refractivity contribution >= 4 is 61.8 Å². The van der Waals surface area contributed by atoms with E-state index < -0.39 is 6.17 Å². The van der Waals surface area contributed by atoms with Gasteiger partial charge in [-0.05, 0) is 112 Å². The van der Waals surface area contributed by atoms with Crippen molar-refractivity contribution in [2.24, 2.45) is 0 Å². The normalized spacial score (nSPS) is 10.7. The lowest BCUT2D eigenvalue weighted by atomic mass is 10.1. The number of rotatable bonds is 26. The Morgan fingerprint density at radius 3 is 1.08 bits per heavy atom. The van der Waals surface area contributed by atoms with Crippen LogP contribution >= 0.6 is 22.7 Å². The van der Waals surface area contributed by atoms with Crippen LogP contribution in [0.2, 0.25) is 0 Å². The molecule has 0 bridgehead atoms. The summed E-state index contributed by atoms with van der Waals surface area (Å²) in [4.78, 5) is 143. The molecule has 1 atom stereocenters. The number of Topliss-reactive ketones (excluding diaryl/α,β-unsaturated/α-hetero) is 5. The Hall–Kier alpha value is -15.4. The maximum Gasteiger partial charge on any atom is 0.188 e. The van der Waals surface area contributed by atoms with E-state index in [0.717, 1.165) is 43.4 Å². The highest BCUT2D eigenvalue weighted by molar-refractivity contribution is 7.18. The van der Waals surface area contributed by atoms with Crippen molar-refractivity contribution < 1.29 is 52.0 Å². The quantitative estimate of drug-likeness (QED) is 0.0454. The fourth-order valence-corrected chi connectivity index (χ4v) is 12.1. The first-order chi connectivity index (χ1) is 57.5. The minimum atomic E-state index is -1.15. The number of aromatic nitrogens is 20. The number of aryl methyl sites for hydroxylation is 3. The van der Waals surface area contributed by atoms with Gasteiger partial charge >= 0.3 is 0 Å². The first kappa shape index (κ1) is 82.1. The van der Waals surface area contributed by atoms with Gasteiger partial charge in [0.05, 0.1) is 110 Å². The number of para-hydroxylation sites is 1. The van der Waals surface area contributed by atoms with Crippen molar-refractivity contribution in [2.75, 3.05) is 0 Å². The molecule has 0 spiro atoms. The molecule has 15 aromatic heterocycles. The third kappa shape index (κ3) is 25.6. The Bertz CT molecular complexity index is 5990. The van der Waals surface area contributed by atoms with Gasteiger partial charge in [-0.25, -0.2) is 64.2 Å². The molecule has 0 fully saturated rings. The molecule has 0 radical (unpaired) electrons. The average Bonchev–Trinajstić information content (AvgIpc) is 1.51. The smallest absolute Gasteiger partial charge is 0.188 e. The molecule has 16 rings (SSSR count). The molecule has 1 aromatic carbocycles. The summed E-state index contributed by atoms with van der Waals surface area (Å²) in [6.07, 6.45) is 33.3. The summed E-state index contributed by atoms with van der Waals surface area (Å²) in [6, 6.07) is 37.1. The maximum absolute atomic E-state index is 13.2. The van der Waals surface area contributed by atoms with Crippen LogP contribution in [0.25, 0.3) is 10.2 Å². The molecule has 15 heterocycles. The van der Waals surface area contributed by atoms with E-state index in [9.17, 15) is 28.4 Å². The topological polar surface area (TPSA) is 389 Å². The molecule has 0 N–H and O–H groups in total. The van der Waals surface area contributed by atoms with Gasteiger partial charge < -0.3 is 23.7 Å². The second kappa shape index (κ2) is 41.9. The summed E-state index contributed by atoms with van der Waals surface area (Å²) in [6.45, 7) is 7.29.